The molecule has 4 heteroatoms. The average molecular weight is 350 g/mol. The lowest BCUT2D eigenvalue weighted by atomic mass is 9.95. The molecule has 2 fully saturated rings. The minimum atomic E-state index is -0.224. The molecule has 0 spiro atoms. The van der Waals surface area contributed by atoms with Gasteiger partial charge in [-0.25, -0.2) is 4.79 Å². The normalized spacial score (nSPS) is 23.8. The summed E-state index contributed by atoms with van der Waals surface area (Å²) in [6.07, 6.45) is 4.53. The molecule has 2 aliphatic rings. The molecule has 0 aliphatic carbocycles. The van der Waals surface area contributed by atoms with E-state index in [0.29, 0.717) is 12.6 Å². The van der Waals surface area contributed by atoms with Crippen molar-refractivity contribution in [3.8, 4) is 0 Å². The van der Waals surface area contributed by atoms with Crippen LogP contribution in [0.25, 0.3) is 0 Å². The zero-order valence-corrected chi connectivity index (χ0v) is 15.1. The van der Waals surface area contributed by atoms with Crippen molar-refractivity contribution in [2.45, 2.75) is 37.8 Å². The fourth-order valence-electron chi connectivity index (χ4n) is 4.11. The summed E-state index contributed by atoms with van der Waals surface area (Å²) in [4.78, 5) is 16.6. The number of anilines is 1. The molecular weight excluding hydrogens is 324 g/mol. The SMILES string of the molecule is O=C1OC(CN2CCCCC2Cc2ccccc2)CN1c1ccccc1. The summed E-state index contributed by atoms with van der Waals surface area (Å²) in [7, 11) is 0. The van der Waals surface area contributed by atoms with Gasteiger partial charge in [0, 0.05) is 18.3 Å². The summed E-state index contributed by atoms with van der Waals surface area (Å²) < 4.78 is 5.67. The van der Waals surface area contributed by atoms with Crippen LogP contribution in [-0.4, -0.2) is 42.8 Å². The predicted molar refractivity (Wildman–Crippen MR) is 103 cm³/mol. The molecule has 4 nitrogen and oxygen atoms in total. The van der Waals surface area contributed by atoms with Gasteiger partial charge in [0.05, 0.1) is 6.54 Å². The minimum absolute atomic E-state index is 0.0564. The van der Waals surface area contributed by atoms with Gasteiger partial charge >= 0.3 is 6.09 Å². The van der Waals surface area contributed by atoms with E-state index in [-0.39, 0.29) is 12.2 Å². The first-order chi connectivity index (χ1) is 12.8. The number of amides is 1. The van der Waals surface area contributed by atoms with Crippen LogP contribution >= 0.6 is 0 Å². The quantitative estimate of drug-likeness (QED) is 0.813. The maximum atomic E-state index is 12.3. The van der Waals surface area contributed by atoms with Gasteiger partial charge in [0.25, 0.3) is 0 Å². The van der Waals surface area contributed by atoms with E-state index in [9.17, 15) is 4.79 Å². The van der Waals surface area contributed by atoms with Crippen LogP contribution < -0.4 is 4.90 Å². The molecule has 2 aromatic carbocycles. The van der Waals surface area contributed by atoms with Gasteiger partial charge in [-0.15, -0.1) is 0 Å². The second-order valence-corrected chi connectivity index (χ2v) is 7.29. The Kier molecular flexibility index (Phi) is 5.21. The van der Waals surface area contributed by atoms with Gasteiger partial charge in [-0.05, 0) is 43.5 Å². The van der Waals surface area contributed by atoms with E-state index in [1.54, 1.807) is 4.90 Å². The fourth-order valence-corrected chi connectivity index (χ4v) is 4.11. The van der Waals surface area contributed by atoms with E-state index in [1.807, 2.05) is 30.3 Å². The van der Waals surface area contributed by atoms with Crippen molar-refractivity contribution in [3.63, 3.8) is 0 Å². The Hall–Kier alpha value is -2.33. The second kappa shape index (κ2) is 7.92. The van der Waals surface area contributed by atoms with Gasteiger partial charge in [0.15, 0.2) is 0 Å². The number of para-hydroxylation sites is 1. The van der Waals surface area contributed by atoms with Gasteiger partial charge in [0.2, 0.25) is 0 Å². The number of ether oxygens (including phenoxy) is 1. The molecule has 2 heterocycles. The van der Waals surface area contributed by atoms with Gasteiger partial charge < -0.3 is 4.74 Å². The standard InChI is InChI=1S/C22H26N2O2/c25-22-24(19-11-5-2-6-12-19)17-21(26-22)16-23-14-8-7-13-20(23)15-18-9-3-1-4-10-18/h1-6,9-12,20-21H,7-8,13-17H2. The maximum absolute atomic E-state index is 12.3. The van der Waals surface area contributed by atoms with E-state index in [1.165, 1.54) is 24.8 Å². The van der Waals surface area contributed by atoms with Crippen LogP contribution in [0, 0.1) is 0 Å². The number of benzene rings is 2. The molecule has 0 saturated carbocycles. The van der Waals surface area contributed by atoms with Crippen LogP contribution in [0.2, 0.25) is 0 Å². The third-order valence-corrected chi connectivity index (χ3v) is 5.44. The summed E-state index contributed by atoms with van der Waals surface area (Å²) in [6.45, 7) is 2.56. The topological polar surface area (TPSA) is 32.8 Å². The molecule has 26 heavy (non-hydrogen) atoms. The molecule has 0 bridgehead atoms. The van der Waals surface area contributed by atoms with E-state index in [0.717, 1.165) is 25.2 Å². The predicted octanol–water partition coefficient (Wildman–Crippen LogP) is 4.11. The maximum Gasteiger partial charge on any atom is 0.414 e. The molecule has 2 aliphatic heterocycles. The lowest BCUT2D eigenvalue weighted by Gasteiger charge is -2.36. The largest absolute Gasteiger partial charge is 0.443 e. The molecule has 0 N–H and O–H groups in total. The number of hydrogen-bond donors (Lipinski definition) is 0. The molecule has 2 atom stereocenters. The van der Waals surface area contributed by atoms with Crippen LogP contribution in [0.1, 0.15) is 24.8 Å². The van der Waals surface area contributed by atoms with Crippen LogP contribution in [0.4, 0.5) is 10.5 Å². The number of likely N-dealkylation sites (tertiary alicyclic amines) is 1. The van der Waals surface area contributed by atoms with Crippen molar-refractivity contribution in [2.75, 3.05) is 24.5 Å². The van der Waals surface area contributed by atoms with Crippen molar-refractivity contribution in [3.05, 3.63) is 66.2 Å². The summed E-state index contributed by atoms with van der Waals surface area (Å²) in [5.41, 5.74) is 2.30. The van der Waals surface area contributed by atoms with Gasteiger partial charge in [0.1, 0.15) is 6.10 Å². The van der Waals surface area contributed by atoms with Crippen LogP contribution in [0.3, 0.4) is 0 Å². The molecule has 136 valence electrons. The lowest BCUT2D eigenvalue weighted by molar-refractivity contribution is 0.0727. The van der Waals surface area contributed by atoms with Gasteiger partial charge in [-0.1, -0.05) is 55.0 Å². The highest BCUT2D eigenvalue weighted by Crippen LogP contribution is 2.25. The Balaban J connectivity index is 1.40. The highest BCUT2D eigenvalue weighted by atomic mass is 16.6. The molecule has 2 aromatic rings. The molecular formula is C22H26N2O2. The van der Waals surface area contributed by atoms with Crippen LogP contribution in [0.15, 0.2) is 60.7 Å². The van der Waals surface area contributed by atoms with Gasteiger partial charge in [-0.3, -0.25) is 9.80 Å². The van der Waals surface area contributed by atoms with E-state index < -0.39 is 0 Å². The second-order valence-electron chi connectivity index (χ2n) is 7.29. The first-order valence-corrected chi connectivity index (χ1v) is 9.61. The number of carbonyl (C=O) groups excluding carboxylic acids is 1. The molecule has 0 radical (unpaired) electrons. The number of carbonyl (C=O) groups is 1. The van der Waals surface area contributed by atoms with E-state index in [4.69, 9.17) is 4.74 Å². The summed E-state index contributed by atoms with van der Waals surface area (Å²) in [6, 6.07) is 21.0. The van der Waals surface area contributed by atoms with E-state index in [2.05, 4.69) is 35.2 Å². The summed E-state index contributed by atoms with van der Waals surface area (Å²) >= 11 is 0. The van der Waals surface area contributed by atoms with Crippen LogP contribution in [0.5, 0.6) is 0 Å². The third kappa shape index (κ3) is 3.91. The average Bonchev–Trinajstić information content (AvgIpc) is 3.05. The van der Waals surface area contributed by atoms with Crippen molar-refractivity contribution >= 4 is 11.8 Å². The Morgan fingerprint density at radius 1 is 0.962 bits per heavy atom. The highest BCUT2D eigenvalue weighted by molar-refractivity contribution is 5.89. The molecule has 1 amide bonds. The first kappa shape index (κ1) is 17.1. The monoisotopic (exact) mass is 350 g/mol. The zero-order valence-electron chi connectivity index (χ0n) is 15.1. The third-order valence-electron chi connectivity index (χ3n) is 5.44. The fraction of sp³-hybridized carbons (Fsp3) is 0.409. The Morgan fingerprint density at radius 3 is 2.46 bits per heavy atom. The first-order valence-electron chi connectivity index (χ1n) is 9.61. The van der Waals surface area contributed by atoms with Gasteiger partial charge in [-0.2, -0.15) is 0 Å². The minimum Gasteiger partial charge on any atom is -0.443 e. The lowest BCUT2D eigenvalue weighted by Crippen LogP contribution is -2.45. The Labute approximate surface area is 155 Å². The number of nitrogens with zero attached hydrogens (tertiary/aromatic N) is 2. The Morgan fingerprint density at radius 2 is 1.69 bits per heavy atom. The van der Waals surface area contributed by atoms with Crippen molar-refractivity contribution in [2.24, 2.45) is 0 Å². The van der Waals surface area contributed by atoms with Crippen molar-refractivity contribution in [1.82, 2.24) is 4.90 Å². The van der Waals surface area contributed by atoms with Crippen LogP contribution in [-0.2, 0) is 11.2 Å². The molecule has 4 rings (SSSR count). The number of hydrogen-bond acceptors (Lipinski definition) is 3. The van der Waals surface area contributed by atoms with Crippen molar-refractivity contribution < 1.29 is 9.53 Å². The molecule has 0 aromatic heterocycles. The smallest absolute Gasteiger partial charge is 0.414 e. The van der Waals surface area contributed by atoms with Crippen molar-refractivity contribution in [1.29, 1.82) is 0 Å². The summed E-state index contributed by atoms with van der Waals surface area (Å²) in [5.74, 6) is 0. The molecule has 2 saturated heterocycles. The van der Waals surface area contributed by atoms with E-state index >= 15 is 0 Å². The zero-order chi connectivity index (χ0) is 17.8. The number of piperidine rings is 1. The number of cyclic esters (lactones) is 1. The molecule has 2 unspecified atom stereocenters. The highest BCUT2D eigenvalue weighted by Gasteiger charge is 2.35. The Bertz CT molecular complexity index is 719. The summed E-state index contributed by atoms with van der Waals surface area (Å²) in [5, 5.41) is 0. The number of rotatable bonds is 5.